The molecule has 0 aliphatic heterocycles. The molecule has 1 heterocycles. The molecule has 0 fully saturated rings. The van der Waals surface area contributed by atoms with Crippen LogP contribution in [-0.2, 0) is 11.0 Å². The summed E-state index contributed by atoms with van der Waals surface area (Å²) in [6.45, 7) is 4.69. The van der Waals surface area contributed by atoms with E-state index in [0.717, 1.165) is 53.1 Å². The zero-order valence-corrected chi connectivity index (χ0v) is 16.0. The molecule has 0 amide bonds. The molecule has 1 unspecified atom stereocenters. The van der Waals surface area contributed by atoms with E-state index < -0.39 is 11.0 Å². The van der Waals surface area contributed by atoms with Crippen LogP contribution in [0.4, 0.5) is 0 Å². The lowest BCUT2D eigenvalue weighted by Crippen LogP contribution is -2.17. The van der Waals surface area contributed by atoms with Crippen molar-refractivity contribution >= 4 is 11.0 Å². The molecule has 0 aliphatic rings. The van der Waals surface area contributed by atoms with Gasteiger partial charge in [-0.2, -0.15) is 0 Å². The van der Waals surface area contributed by atoms with Gasteiger partial charge in [0.05, 0.1) is 10.5 Å². The van der Waals surface area contributed by atoms with Crippen LogP contribution in [0.25, 0.3) is 22.4 Å². The highest BCUT2D eigenvalue weighted by Crippen LogP contribution is 2.34. The molecule has 3 rings (SSSR count). The van der Waals surface area contributed by atoms with Crippen molar-refractivity contribution in [2.45, 2.75) is 25.2 Å². The molecule has 1 atom stereocenters. The van der Waals surface area contributed by atoms with Crippen LogP contribution in [0.1, 0.15) is 19.1 Å². The van der Waals surface area contributed by atoms with Crippen LogP contribution in [0.3, 0.4) is 0 Å². The Kier molecular flexibility index (Phi) is 7.72. The molecule has 3 aromatic rings. The van der Waals surface area contributed by atoms with Crippen LogP contribution in [0.2, 0.25) is 0 Å². The Labute approximate surface area is 156 Å². The maximum atomic E-state index is 12.1. The predicted molar refractivity (Wildman–Crippen MR) is 105 cm³/mol. The second-order valence-corrected chi connectivity index (χ2v) is 6.81. The van der Waals surface area contributed by atoms with Gasteiger partial charge in [0, 0.05) is 19.2 Å². The molecule has 2 aromatic carbocycles. The first-order chi connectivity index (χ1) is 12.7. The van der Waals surface area contributed by atoms with Gasteiger partial charge in [0.15, 0.2) is 0 Å². The molecular formula is C20H24N2O3S. The Morgan fingerprint density at radius 1 is 1.04 bits per heavy atom. The highest BCUT2D eigenvalue weighted by atomic mass is 32.2. The molecule has 0 saturated heterocycles. The summed E-state index contributed by atoms with van der Waals surface area (Å²) in [6.07, 6.45) is 0.949. The second-order valence-electron chi connectivity index (χ2n) is 5.52. The summed E-state index contributed by atoms with van der Waals surface area (Å²) in [6, 6.07) is 17.7. The van der Waals surface area contributed by atoms with E-state index in [0.29, 0.717) is 0 Å². The van der Waals surface area contributed by atoms with Gasteiger partial charge >= 0.3 is 0 Å². The largest absolute Gasteiger partial charge is 0.400 e. The lowest BCUT2D eigenvalue weighted by molar-refractivity contribution is 0.399. The van der Waals surface area contributed by atoms with Crippen molar-refractivity contribution in [3.63, 3.8) is 0 Å². The van der Waals surface area contributed by atoms with Crippen molar-refractivity contribution < 1.29 is 13.8 Å². The zero-order chi connectivity index (χ0) is 18.9. The van der Waals surface area contributed by atoms with E-state index in [1.165, 1.54) is 0 Å². The maximum absolute atomic E-state index is 12.1. The highest BCUT2D eigenvalue weighted by Gasteiger charge is 2.16. The topological polar surface area (TPSA) is 75.4 Å². The molecule has 2 N–H and O–H groups in total. The maximum Gasteiger partial charge on any atom is 0.142 e. The quantitative estimate of drug-likeness (QED) is 0.687. The number of aromatic nitrogens is 1. The minimum Gasteiger partial charge on any atom is -0.400 e. The normalized spacial score (nSPS) is 11.5. The number of aryl methyl sites for hydroxylation is 1. The molecule has 0 radical (unpaired) electrons. The van der Waals surface area contributed by atoms with Crippen molar-refractivity contribution in [2.75, 3.05) is 13.7 Å². The monoisotopic (exact) mass is 372 g/mol. The Morgan fingerprint density at radius 3 is 2.31 bits per heavy atom. The van der Waals surface area contributed by atoms with Crippen molar-refractivity contribution in [3.8, 4) is 22.4 Å². The van der Waals surface area contributed by atoms with E-state index in [4.69, 9.17) is 9.63 Å². The number of benzene rings is 2. The van der Waals surface area contributed by atoms with Crippen LogP contribution in [-0.4, -0.2) is 28.1 Å². The summed E-state index contributed by atoms with van der Waals surface area (Å²) in [7, 11) is -0.174. The van der Waals surface area contributed by atoms with Crippen molar-refractivity contribution in [3.05, 3.63) is 60.4 Å². The first kappa shape index (κ1) is 20.0. The van der Waals surface area contributed by atoms with E-state index in [9.17, 15) is 4.21 Å². The fraction of sp³-hybridized carbons (Fsp3) is 0.250. The lowest BCUT2D eigenvalue weighted by atomic mass is 10.00. The minimum absolute atomic E-state index is 0.733. The summed E-state index contributed by atoms with van der Waals surface area (Å²) in [5, 5.41) is 11.2. The third kappa shape index (κ3) is 4.66. The second kappa shape index (κ2) is 10.0. The van der Waals surface area contributed by atoms with Gasteiger partial charge in [0.1, 0.15) is 22.4 Å². The molecular weight excluding hydrogens is 348 g/mol. The first-order valence-electron chi connectivity index (χ1n) is 8.43. The van der Waals surface area contributed by atoms with E-state index in [2.05, 4.69) is 9.88 Å². The number of nitrogens with one attached hydrogen (secondary N) is 1. The van der Waals surface area contributed by atoms with Crippen LogP contribution >= 0.6 is 0 Å². The van der Waals surface area contributed by atoms with Crippen LogP contribution in [0, 0.1) is 6.92 Å². The molecule has 0 spiro atoms. The van der Waals surface area contributed by atoms with Gasteiger partial charge in [-0.15, -0.1) is 0 Å². The van der Waals surface area contributed by atoms with Gasteiger partial charge in [-0.1, -0.05) is 54.5 Å². The van der Waals surface area contributed by atoms with Gasteiger partial charge in [-0.25, -0.2) is 8.93 Å². The van der Waals surface area contributed by atoms with E-state index in [1.54, 1.807) is 0 Å². The molecule has 5 nitrogen and oxygen atoms in total. The van der Waals surface area contributed by atoms with E-state index >= 15 is 0 Å². The smallest absolute Gasteiger partial charge is 0.142 e. The predicted octanol–water partition coefficient (Wildman–Crippen LogP) is 3.95. The molecule has 0 aliphatic carbocycles. The van der Waals surface area contributed by atoms with Crippen molar-refractivity contribution in [2.24, 2.45) is 0 Å². The number of hydrogen-bond donors (Lipinski definition) is 2. The number of aliphatic hydroxyl groups is 1. The molecule has 6 heteroatoms. The first-order valence-corrected chi connectivity index (χ1v) is 9.57. The Balaban J connectivity index is 0.00000117. The number of nitrogens with zero attached hydrogens (tertiary/aromatic N) is 1. The lowest BCUT2D eigenvalue weighted by Gasteiger charge is -2.06. The van der Waals surface area contributed by atoms with Crippen LogP contribution in [0.5, 0.6) is 0 Å². The average molecular weight is 372 g/mol. The van der Waals surface area contributed by atoms with Crippen molar-refractivity contribution in [1.82, 2.24) is 9.88 Å². The molecule has 138 valence electrons. The minimum atomic E-state index is -1.17. The SMILES string of the molecule is CCCNS(=O)c1ccc(-c2c(-c3ccccc3)noc2C)cc1.CO. The summed E-state index contributed by atoms with van der Waals surface area (Å²) in [5.74, 6) is 0.770. The van der Waals surface area contributed by atoms with E-state index in [1.807, 2.05) is 68.4 Å². The molecule has 1 aromatic heterocycles. The molecule has 26 heavy (non-hydrogen) atoms. The van der Waals surface area contributed by atoms with Gasteiger partial charge < -0.3 is 9.63 Å². The Hall–Kier alpha value is -2.28. The number of rotatable bonds is 6. The van der Waals surface area contributed by atoms with Gasteiger partial charge in [-0.05, 0) is 31.0 Å². The van der Waals surface area contributed by atoms with Crippen molar-refractivity contribution in [1.29, 1.82) is 0 Å². The van der Waals surface area contributed by atoms with E-state index in [-0.39, 0.29) is 0 Å². The number of hydrogen-bond acceptors (Lipinski definition) is 4. The average Bonchev–Trinajstić information content (AvgIpc) is 3.10. The number of aliphatic hydroxyl groups excluding tert-OH is 1. The summed E-state index contributed by atoms with van der Waals surface area (Å²) >= 11 is 0. The van der Waals surface area contributed by atoms with Gasteiger partial charge in [0.25, 0.3) is 0 Å². The molecule has 0 bridgehead atoms. The Bertz CT molecular complexity index is 830. The zero-order valence-electron chi connectivity index (χ0n) is 15.2. The van der Waals surface area contributed by atoms with Crippen LogP contribution < -0.4 is 4.72 Å². The van der Waals surface area contributed by atoms with Gasteiger partial charge in [-0.3, -0.25) is 0 Å². The van der Waals surface area contributed by atoms with Gasteiger partial charge in [0.2, 0.25) is 0 Å². The standard InChI is InChI=1S/C19H20N2O2S.CH4O/c1-3-13-20-24(22)17-11-9-15(10-12-17)18-14(2)23-21-19(18)16-7-5-4-6-8-16;1-2/h4-12,20H,3,13H2,1-2H3;2H,1H3. The van der Waals surface area contributed by atoms with Crippen LogP contribution in [0.15, 0.2) is 64.0 Å². The summed E-state index contributed by atoms with van der Waals surface area (Å²) in [5.41, 5.74) is 3.82. The Morgan fingerprint density at radius 2 is 1.69 bits per heavy atom. The summed E-state index contributed by atoms with van der Waals surface area (Å²) in [4.78, 5) is 0.766. The third-order valence-corrected chi connectivity index (χ3v) is 4.92. The molecule has 0 saturated carbocycles. The summed E-state index contributed by atoms with van der Waals surface area (Å²) < 4.78 is 20.5. The third-order valence-electron chi connectivity index (χ3n) is 3.75. The fourth-order valence-electron chi connectivity index (χ4n) is 2.53. The highest BCUT2D eigenvalue weighted by molar-refractivity contribution is 7.83. The fourth-order valence-corrected chi connectivity index (χ4v) is 3.47.